The maximum Gasteiger partial charge on any atom is 0.0659 e. The zero-order valence-electron chi connectivity index (χ0n) is 10.4. The maximum absolute atomic E-state index is 3.85. The van der Waals surface area contributed by atoms with Gasteiger partial charge in [-0.2, -0.15) is 0 Å². The molecule has 0 bridgehead atoms. The Balaban J connectivity index is 2.10. The average molecular weight is 396 g/mol. The van der Waals surface area contributed by atoms with Gasteiger partial charge in [-0.1, -0.05) is 56.1 Å². The molecule has 1 unspecified atom stereocenters. The van der Waals surface area contributed by atoms with E-state index in [0.717, 1.165) is 4.47 Å². The molecule has 19 heavy (non-hydrogen) atoms. The first-order valence-electron chi connectivity index (χ1n) is 6.02. The Bertz CT molecular complexity index is 710. The summed E-state index contributed by atoms with van der Waals surface area (Å²) < 4.78 is 2.47. The summed E-state index contributed by atoms with van der Waals surface area (Å²) in [4.78, 5) is 0.236. The van der Waals surface area contributed by atoms with Gasteiger partial charge in [-0.05, 0) is 52.6 Å². The highest BCUT2D eigenvalue weighted by Crippen LogP contribution is 2.39. The summed E-state index contributed by atoms with van der Waals surface area (Å²) in [5.74, 6) is 0. The van der Waals surface area contributed by atoms with Crippen LogP contribution in [0.2, 0.25) is 0 Å². The quantitative estimate of drug-likeness (QED) is 0.437. The lowest BCUT2D eigenvalue weighted by Gasteiger charge is -2.11. The molecule has 3 aromatic rings. The molecule has 3 rings (SSSR count). The van der Waals surface area contributed by atoms with Crippen molar-refractivity contribution in [3.05, 3.63) is 69.0 Å². The molecule has 0 spiro atoms. The number of alkyl halides is 1. The van der Waals surface area contributed by atoms with Crippen molar-refractivity contribution in [2.45, 2.75) is 11.8 Å². The molecule has 1 heterocycles. The zero-order valence-corrected chi connectivity index (χ0v) is 14.3. The molecule has 0 aliphatic heterocycles. The summed E-state index contributed by atoms with van der Waals surface area (Å²) in [5.41, 5.74) is 3.90. The van der Waals surface area contributed by atoms with E-state index in [-0.39, 0.29) is 4.83 Å². The lowest BCUT2D eigenvalue weighted by Crippen LogP contribution is -1.92. The SMILES string of the molecule is Cc1cc(Br)cc(C(Br)c2csc3ccccc23)c1. The Kier molecular flexibility index (Phi) is 3.79. The summed E-state index contributed by atoms with van der Waals surface area (Å²) in [7, 11) is 0. The summed E-state index contributed by atoms with van der Waals surface area (Å²) in [5, 5.41) is 3.59. The summed E-state index contributed by atoms with van der Waals surface area (Å²) in [6.45, 7) is 2.12. The minimum absolute atomic E-state index is 0.236. The molecule has 0 aliphatic carbocycles. The largest absolute Gasteiger partial charge is 0.143 e. The van der Waals surface area contributed by atoms with Crippen LogP contribution >= 0.6 is 43.2 Å². The minimum atomic E-state index is 0.236. The molecule has 3 heteroatoms. The normalized spacial score (nSPS) is 12.8. The van der Waals surface area contributed by atoms with Gasteiger partial charge in [0.05, 0.1) is 4.83 Å². The highest BCUT2D eigenvalue weighted by atomic mass is 79.9. The predicted octanol–water partition coefficient (Wildman–Crippen LogP) is 6.46. The van der Waals surface area contributed by atoms with Crippen LogP contribution in [0.5, 0.6) is 0 Å². The molecule has 0 saturated heterocycles. The van der Waals surface area contributed by atoms with Gasteiger partial charge in [-0.3, -0.25) is 0 Å². The molecular weight excluding hydrogens is 384 g/mol. The van der Waals surface area contributed by atoms with Gasteiger partial charge < -0.3 is 0 Å². The van der Waals surface area contributed by atoms with Crippen LogP contribution in [0.25, 0.3) is 10.1 Å². The van der Waals surface area contributed by atoms with Gasteiger partial charge in [0.25, 0.3) is 0 Å². The molecule has 0 saturated carbocycles. The molecule has 1 atom stereocenters. The van der Waals surface area contributed by atoms with Crippen LogP contribution in [0.15, 0.2) is 52.3 Å². The Labute approximate surface area is 133 Å². The number of benzene rings is 2. The van der Waals surface area contributed by atoms with Gasteiger partial charge in [0, 0.05) is 9.17 Å². The summed E-state index contributed by atoms with van der Waals surface area (Å²) in [6, 6.07) is 15.1. The number of fused-ring (bicyclic) bond motifs is 1. The predicted molar refractivity (Wildman–Crippen MR) is 91.5 cm³/mol. The average Bonchev–Trinajstić information content (AvgIpc) is 2.80. The van der Waals surface area contributed by atoms with Gasteiger partial charge >= 0.3 is 0 Å². The minimum Gasteiger partial charge on any atom is -0.143 e. The molecule has 96 valence electrons. The van der Waals surface area contributed by atoms with E-state index in [0.29, 0.717) is 0 Å². The molecule has 0 radical (unpaired) electrons. The Morgan fingerprint density at radius 1 is 1.11 bits per heavy atom. The van der Waals surface area contributed by atoms with Gasteiger partial charge in [0.2, 0.25) is 0 Å². The number of thiophene rings is 1. The van der Waals surface area contributed by atoms with Crippen molar-refractivity contribution >= 4 is 53.3 Å². The Hall–Kier alpha value is -0.640. The molecule has 0 amide bonds. The maximum atomic E-state index is 3.85. The second-order valence-electron chi connectivity index (χ2n) is 4.61. The van der Waals surface area contributed by atoms with Crippen molar-refractivity contribution in [3.63, 3.8) is 0 Å². The van der Waals surface area contributed by atoms with E-state index < -0.39 is 0 Å². The van der Waals surface area contributed by atoms with E-state index in [2.05, 4.69) is 86.6 Å². The number of hydrogen-bond acceptors (Lipinski definition) is 1. The highest BCUT2D eigenvalue weighted by Gasteiger charge is 2.15. The van der Waals surface area contributed by atoms with Crippen molar-refractivity contribution in [2.75, 3.05) is 0 Å². The van der Waals surface area contributed by atoms with E-state index in [1.807, 2.05) is 0 Å². The highest BCUT2D eigenvalue weighted by molar-refractivity contribution is 9.10. The monoisotopic (exact) mass is 394 g/mol. The molecule has 0 N–H and O–H groups in total. The fraction of sp³-hybridized carbons (Fsp3) is 0.125. The van der Waals surface area contributed by atoms with Crippen LogP contribution in [0.3, 0.4) is 0 Å². The number of rotatable bonds is 2. The summed E-state index contributed by atoms with van der Waals surface area (Å²) >= 11 is 9.23. The van der Waals surface area contributed by atoms with E-state index in [9.17, 15) is 0 Å². The molecule has 0 aliphatic rings. The van der Waals surface area contributed by atoms with Crippen LogP contribution in [-0.4, -0.2) is 0 Å². The van der Waals surface area contributed by atoms with Crippen molar-refractivity contribution < 1.29 is 0 Å². The first-order valence-corrected chi connectivity index (χ1v) is 8.61. The van der Waals surface area contributed by atoms with E-state index in [1.54, 1.807) is 11.3 Å². The Morgan fingerprint density at radius 2 is 1.89 bits per heavy atom. The standard InChI is InChI=1S/C16H12Br2S/c1-10-6-11(8-12(17)7-10)16(18)14-9-19-15-5-3-2-4-13(14)15/h2-9,16H,1H3. The van der Waals surface area contributed by atoms with Gasteiger partial charge in [-0.15, -0.1) is 11.3 Å². The number of aryl methyl sites for hydroxylation is 1. The second kappa shape index (κ2) is 5.39. The fourth-order valence-electron chi connectivity index (χ4n) is 2.29. The van der Waals surface area contributed by atoms with Crippen LogP contribution in [0, 0.1) is 6.92 Å². The van der Waals surface area contributed by atoms with Gasteiger partial charge in [0.15, 0.2) is 0 Å². The van der Waals surface area contributed by atoms with E-state index in [4.69, 9.17) is 0 Å². The molecular formula is C16H12Br2S. The second-order valence-corrected chi connectivity index (χ2v) is 7.35. The first kappa shape index (κ1) is 13.3. The number of hydrogen-bond donors (Lipinski definition) is 0. The van der Waals surface area contributed by atoms with Crippen LogP contribution in [-0.2, 0) is 0 Å². The van der Waals surface area contributed by atoms with Crippen LogP contribution in [0.4, 0.5) is 0 Å². The van der Waals surface area contributed by atoms with Crippen LogP contribution < -0.4 is 0 Å². The number of halogens is 2. The Morgan fingerprint density at radius 3 is 2.68 bits per heavy atom. The molecule has 0 fully saturated rings. The molecule has 1 aromatic heterocycles. The van der Waals surface area contributed by atoms with Crippen LogP contribution in [0.1, 0.15) is 21.5 Å². The van der Waals surface area contributed by atoms with E-state index >= 15 is 0 Å². The molecule has 2 aromatic carbocycles. The smallest absolute Gasteiger partial charge is 0.0659 e. The van der Waals surface area contributed by atoms with Gasteiger partial charge in [-0.25, -0.2) is 0 Å². The van der Waals surface area contributed by atoms with Crippen molar-refractivity contribution in [1.82, 2.24) is 0 Å². The first-order chi connectivity index (χ1) is 9.15. The molecule has 0 nitrogen and oxygen atoms in total. The van der Waals surface area contributed by atoms with Crippen molar-refractivity contribution in [1.29, 1.82) is 0 Å². The zero-order chi connectivity index (χ0) is 13.4. The fourth-order valence-corrected chi connectivity index (χ4v) is 4.72. The van der Waals surface area contributed by atoms with Gasteiger partial charge in [0.1, 0.15) is 0 Å². The third kappa shape index (κ3) is 2.64. The lowest BCUT2D eigenvalue weighted by molar-refractivity contribution is 1.19. The van der Waals surface area contributed by atoms with Crippen molar-refractivity contribution in [2.24, 2.45) is 0 Å². The lowest BCUT2D eigenvalue weighted by atomic mass is 10.0. The topological polar surface area (TPSA) is 0 Å². The van der Waals surface area contributed by atoms with Crippen molar-refractivity contribution in [3.8, 4) is 0 Å². The third-order valence-corrected chi connectivity index (χ3v) is 5.60. The van der Waals surface area contributed by atoms with E-state index in [1.165, 1.54) is 26.8 Å². The summed E-state index contributed by atoms with van der Waals surface area (Å²) in [6.07, 6.45) is 0. The third-order valence-electron chi connectivity index (χ3n) is 3.14.